The fourth-order valence-electron chi connectivity index (χ4n) is 2.01. The molecule has 0 saturated heterocycles. The van der Waals surface area contributed by atoms with Crippen molar-refractivity contribution in [2.24, 2.45) is 0 Å². The van der Waals surface area contributed by atoms with Crippen LogP contribution in [0.2, 0.25) is 0 Å². The molecule has 1 N–H and O–H groups in total. The molecule has 15 heavy (non-hydrogen) atoms. The Balaban J connectivity index is 2.24. The molecule has 0 unspecified atom stereocenters. The van der Waals surface area contributed by atoms with Crippen LogP contribution in [0.4, 0.5) is 0 Å². The first-order chi connectivity index (χ1) is 7.25. The van der Waals surface area contributed by atoms with Crippen molar-refractivity contribution in [3.63, 3.8) is 0 Å². The zero-order valence-corrected chi connectivity index (χ0v) is 9.74. The Morgan fingerprint density at radius 3 is 2.87 bits per heavy atom. The van der Waals surface area contributed by atoms with Crippen LogP contribution < -0.4 is 0 Å². The maximum absolute atomic E-state index is 9.47. The van der Waals surface area contributed by atoms with E-state index in [1.807, 2.05) is 10.5 Å². The van der Waals surface area contributed by atoms with Crippen LogP contribution in [0.1, 0.15) is 31.0 Å². The van der Waals surface area contributed by atoms with Crippen molar-refractivity contribution < 1.29 is 5.11 Å². The van der Waals surface area contributed by atoms with Gasteiger partial charge in [-0.05, 0) is 40.9 Å². The highest BCUT2D eigenvalue weighted by Crippen LogP contribution is 2.37. The Hall–Kier alpha value is -1.03. The highest BCUT2D eigenvalue weighted by atomic mass is 79.9. The van der Waals surface area contributed by atoms with Crippen LogP contribution in [0.15, 0.2) is 22.9 Å². The minimum Gasteiger partial charge on any atom is -0.506 e. The summed E-state index contributed by atoms with van der Waals surface area (Å²) in [6.07, 6.45) is 5.44. The molecule has 1 aliphatic rings. The summed E-state index contributed by atoms with van der Waals surface area (Å²) in [6, 6.07) is 3.57. The first-order valence-corrected chi connectivity index (χ1v) is 5.91. The summed E-state index contributed by atoms with van der Waals surface area (Å²) in [5.74, 6) is 1.91. The summed E-state index contributed by atoms with van der Waals surface area (Å²) in [4.78, 5) is 4.52. The lowest BCUT2D eigenvalue weighted by Gasteiger charge is -2.23. The number of pyridine rings is 1. The van der Waals surface area contributed by atoms with Gasteiger partial charge in [0, 0.05) is 5.92 Å². The van der Waals surface area contributed by atoms with E-state index in [1.165, 1.54) is 19.3 Å². The molecule has 0 radical (unpaired) electrons. The zero-order chi connectivity index (χ0) is 10.4. The second-order valence-electron chi connectivity index (χ2n) is 4.03. The van der Waals surface area contributed by atoms with E-state index in [-0.39, 0.29) is 5.75 Å². The minimum atomic E-state index is 0.285. The molecular weight excluding hydrogens is 256 g/mol. The summed E-state index contributed by atoms with van der Waals surface area (Å²) in [5, 5.41) is 9.47. The van der Waals surface area contributed by atoms with E-state index in [0.717, 1.165) is 15.9 Å². The predicted molar refractivity (Wildman–Crippen MR) is 61.1 cm³/mol. The van der Waals surface area contributed by atoms with Crippen molar-refractivity contribution >= 4 is 21.4 Å². The maximum atomic E-state index is 9.47. The van der Waals surface area contributed by atoms with Gasteiger partial charge in [-0.25, -0.2) is 4.98 Å². The van der Waals surface area contributed by atoms with Crippen LogP contribution in [0.3, 0.4) is 0 Å². The largest absolute Gasteiger partial charge is 0.506 e. The molecule has 78 valence electrons. The third-order valence-electron chi connectivity index (χ3n) is 3.07. The van der Waals surface area contributed by atoms with Crippen molar-refractivity contribution in [1.82, 2.24) is 9.38 Å². The Morgan fingerprint density at radius 1 is 1.40 bits per heavy atom. The van der Waals surface area contributed by atoms with Gasteiger partial charge in [-0.1, -0.05) is 6.42 Å². The highest BCUT2D eigenvalue weighted by molar-refractivity contribution is 9.10. The average molecular weight is 267 g/mol. The summed E-state index contributed by atoms with van der Waals surface area (Å²) in [7, 11) is 0. The van der Waals surface area contributed by atoms with Crippen LogP contribution in [-0.2, 0) is 0 Å². The number of halogens is 1. The summed E-state index contributed by atoms with van der Waals surface area (Å²) in [5.41, 5.74) is 1.02. The van der Waals surface area contributed by atoms with Crippen molar-refractivity contribution in [2.45, 2.75) is 25.2 Å². The molecule has 4 heteroatoms. The Morgan fingerprint density at radius 2 is 2.20 bits per heavy atom. The first-order valence-electron chi connectivity index (χ1n) is 5.12. The second-order valence-corrected chi connectivity index (χ2v) is 4.78. The lowest BCUT2D eigenvalue weighted by atomic mass is 9.85. The van der Waals surface area contributed by atoms with E-state index in [1.54, 1.807) is 12.3 Å². The van der Waals surface area contributed by atoms with Crippen LogP contribution in [-0.4, -0.2) is 14.5 Å². The normalized spacial score (nSPS) is 16.9. The van der Waals surface area contributed by atoms with Crippen molar-refractivity contribution in [2.75, 3.05) is 0 Å². The SMILES string of the molecule is Oc1ccc2c(Br)nc(C3CCC3)n2c1. The quantitative estimate of drug-likeness (QED) is 0.862. The Bertz CT molecular complexity index is 517. The van der Waals surface area contributed by atoms with Crippen molar-refractivity contribution in [1.29, 1.82) is 0 Å². The van der Waals surface area contributed by atoms with Gasteiger partial charge in [0.1, 0.15) is 16.2 Å². The van der Waals surface area contributed by atoms with Gasteiger partial charge >= 0.3 is 0 Å². The number of fused-ring (bicyclic) bond motifs is 1. The number of nitrogens with zero attached hydrogens (tertiary/aromatic N) is 2. The monoisotopic (exact) mass is 266 g/mol. The van der Waals surface area contributed by atoms with Gasteiger partial charge in [-0.15, -0.1) is 0 Å². The lowest BCUT2D eigenvalue weighted by Crippen LogP contribution is -2.12. The molecule has 0 spiro atoms. The van der Waals surface area contributed by atoms with E-state index in [4.69, 9.17) is 0 Å². The smallest absolute Gasteiger partial charge is 0.132 e. The van der Waals surface area contributed by atoms with Crippen LogP contribution in [0, 0.1) is 0 Å². The molecular formula is C11H11BrN2O. The van der Waals surface area contributed by atoms with Gasteiger partial charge in [0.2, 0.25) is 0 Å². The molecule has 0 bridgehead atoms. The van der Waals surface area contributed by atoms with Crippen LogP contribution in [0.25, 0.3) is 5.52 Å². The van der Waals surface area contributed by atoms with E-state index < -0.39 is 0 Å². The third-order valence-corrected chi connectivity index (χ3v) is 3.66. The van der Waals surface area contributed by atoms with E-state index in [2.05, 4.69) is 20.9 Å². The van der Waals surface area contributed by atoms with Crippen molar-refractivity contribution in [3.05, 3.63) is 28.8 Å². The predicted octanol–water partition coefficient (Wildman–Crippen LogP) is 3.07. The molecule has 1 fully saturated rings. The number of aromatic nitrogens is 2. The molecule has 0 aliphatic heterocycles. The summed E-state index contributed by atoms with van der Waals surface area (Å²) in [6.45, 7) is 0. The molecule has 0 aromatic carbocycles. The standard InChI is InChI=1S/C11H11BrN2O/c12-10-9-5-4-8(15)6-14(9)11(13-10)7-2-1-3-7/h4-7,15H,1-3H2. The Labute approximate surface area is 95.9 Å². The van der Waals surface area contributed by atoms with Gasteiger partial charge in [-0.2, -0.15) is 0 Å². The average Bonchev–Trinajstić information content (AvgIpc) is 2.41. The van der Waals surface area contributed by atoms with E-state index in [9.17, 15) is 5.11 Å². The van der Waals surface area contributed by atoms with E-state index in [0.29, 0.717) is 5.92 Å². The lowest BCUT2D eigenvalue weighted by molar-refractivity contribution is 0.399. The van der Waals surface area contributed by atoms with Crippen molar-refractivity contribution in [3.8, 4) is 5.75 Å². The van der Waals surface area contributed by atoms with E-state index >= 15 is 0 Å². The molecule has 3 rings (SSSR count). The number of hydrogen-bond acceptors (Lipinski definition) is 2. The fraction of sp³-hybridized carbons (Fsp3) is 0.364. The zero-order valence-electron chi connectivity index (χ0n) is 8.15. The number of rotatable bonds is 1. The van der Waals surface area contributed by atoms with Gasteiger partial charge < -0.3 is 5.11 Å². The number of aromatic hydroxyl groups is 1. The van der Waals surface area contributed by atoms with Gasteiger partial charge in [0.25, 0.3) is 0 Å². The minimum absolute atomic E-state index is 0.285. The third kappa shape index (κ3) is 1.35. The summed E-state index contributed by atoms with van der Waals surface area (Å²) >= 11 is 3.45. The number of imidazole rings is 1. The molecule has 2 aromatic heterocycles. The van der Waals surface area contributed by atoms with Gasteiger partial charge in [0.15, 0.2) is 0 Å². The molecule has 1 aliphatic carbocycles. The van der Waals surface area contributed by atoms with Gasteiger partial charge in [0.05, 0.1) is 11.7 Å². The summed E-state index contributed by atoms with van der Waals surface area (Å²) < 4.78 is 2.85. The van der Waals surface area contributed by atoms with Crippen LogP contribution in [0.5, 0.6) is 5.75 Å². The maximum Gasteiger partial charge on any atom is 0.132 e. The first kappa shape index (κ1) is 9.21. The molecule has 0 atom stereocenters. The topological polar surface area (TPSA) is 37.5 Å². The fourth-order valence-corrected chi connectivity index (χ4v) is 2.52. The molecule has 0 amide bonds. The molecule has 2 aromatic rings. The molecule has 2 heterocycles. The Kier molecular flexibility index (Phi) is 1.99. The molecule has 1 saturated carbocycles. The van der Waals surface area contributed by atoms with Crippen LogP contribution >= 0.6 is 15.9 Å². The van der Waals surface area contributed by atoms with Gasteiger partial charge in [-0.3, -0.25) is 4.40 Å². The number of hydrogen-bond donors (Lipinski definition) is 1. The second kappa shape index (κ2) is 3.23. The molecule has 3 nitrogen and oxygen atoms in total. The highest BCUT2D eigenvalue weighted by Gasteiger charge is 2.24.